The van der Waals surface area contributed by atoms with Crippen molar-refractivity contribution in [1.29, 1.82) is 5.26 Å². The van der Waals surface area contributed by atoms with E-state index >= 15 is 0 Å². The van der Waals surface area contributed by atoms with E-state index in [0.717, 1.165) is 22.4 Å². The summed E-state index contributed by atoms with van der Waals surface area (Å²) in [6.07, 6.45) is 3.57. The van der Waals surface area contributed by atoms with E-state index in [2.05, 4.69) is 36.4 Å². The number of pyridine rings is 1. The third-order valence-electron chi connectivity index (χ3n) is 3.37. The first kappa shape index (κ1) is 13.3. The van der Waals surface area contributed by atoms with Crippen LogP contribution in [0.15, 0.2) is 42.7 Å². The van der Waals surface area contributed by atoms with Crippen molar-refractivity contribution in [3.63, 3.8) is 0 Å². The molecule has 1 aromatic carbocycles. The fourth-order valence-corrected chi connectivity index (χ4v) is 2.52. The fraction of sp³-hybridized carbons (Fsp3) is 0.235. The summed E-state index contributed by atoms with van der Waals surface area (Å²) in [7, 11) is 0. The third kappa shape index (κ3) is 2.27. The summed E-state index contributed by atoms with van der Waals surface area (Å²) in [6, 6.07) is 11.7. The van der Waals surface area contributed by atoms with Crippen molar-refractivity contribution in [2.75, 3.05) is 0 Å². The molecule has 2 aromatic heterocycles. The Hall–Kier alpha value is -2.67. The van der Waals surface area contributed by atoms with Gasteiger partial charge in [-0.3, -0.25) is 4.98 Å². The highest BCUT2D eigenvalue weighted by Crippen LogP contribution is 2.31. The summed E-state index contributed by atoms with van der Waals surface area (Å²) < 4.78 is 2.19. The third-order valence-corrected chi connectivity index (χ3v) is 3.37. The highest BCUT2D eigenvalue weighted by Gasteiger charge is 2.22. The van der Waals surface area contributed by atoms with Gasteiger partial charge in [-0.15, -0.1) is 0 Å². The van der Waals surface area contributed by atoms with Gasteiger partial charge in [-0.1, -0.05) is 0 Å². The topological polar surface area (TPSA) is 54.5 Å². The minimum atomic E-state index is -0.117. The summed E-state index contributed by atoms with van der Waals surface area (Å²) >= 11 is 0. The summed E-state index contributed by atoms with van der Waals surface area (Å²) in [6.45, 7) is 6.44. The van der Waals surface area contributed by atoms with E-state index in [-0.39, 0.29) is 5.54 Å². The molecule has 3 aromatic rings. The minimum absolute atomic E-state index is 0.117. The van der Waals surface area contributed by atoms with Crippen LogP contribution in [0, 0.1) is 11.3 Å². The molecular weight excluding hydrogens is 260 g/mol. The lowest BCUT2D eigenvalue weighted by atomic mass is 10.1. The molecular formula is C17H16N4. The smallest absolute Gasteiger partial charge is 0.143 e. The summed E-state index contributed by atoms with van der Waals surface area (Å²) in [4.78, 5) is 8.91. The second-order valence-corrected chi connectivity index (χ2v) is 6.00. The number of nitrogens with zero attached hydrogens (tertiary/aromatic N) is 4. The van der Waals surface area contributed by atoms with Gasteiger partial charge in [-0.2, -0.15) is 5.26 Å². The Morgan fingerprint density at radius 2 is 2.00 bits per heavy atom. The number of fused-ring (bicyclic) bond motifs is 1. The van der Waals surface area contributed by atoms with Gasteiger partial charge in [0.15, 0.2) is 0 Å². The zero-order valence-corrected chi connectivity index (χ0v) is 12.3. The predicted octanol–water partition coefficient (Wildman–Crippen LogP) is 3.72. The molecule has 0 unspecified atom stereocenters. The standard InChI is InChI=1S/C17H16N4/c1-17(2,3)21-15-7-6-12(10-18)9-14(15)20-16(21)13-5-4-8-19-11-13/h4-9,11H,1-3H3. The summed E-state index contributed by atoms with van der Waals surface area (Å²) in [5, 5.41) is 9.06. The van der Waals surface area contributed by atoms with E-state index in [1.54, 1.807) is 6.20 Å². The molecule has 0 amide bonds. The van der Waals surface area contributed by atoms with Crippen LogP contribution in [0.3, 0.4) is 0 Å². The number of nitriles is 1. The molecule has 4 heteroatoms. The normalized spacial score (nSPS) is 11.5. The van der Waals surface area contributed by atoms with Crippen molar-refractivity contribution < 1.29 is 0 Å². The number of imidazole rings is 1. The number of aromatic nitrogens is 3. The number of hydrogen-bond donors (Lipinski definition) is 0. The van der Waals surface area contributed by atoms with Crippen molar-refractivity contribution in [2.45, 2.75) is 26.3 Å². The second-order valence-electron chi connectivity index (χ2n) is 6.00. The van der Waals surface area contributed by atoms with Gasteiger partial charge in [0, 0.05) is 23.5 Å². The predicted molar refractivity (Wildman–Crippen MR) is 82.7 cm³/mol. The fourth-order valence-electron chi connectivity index (χ4n) is 2.52. The Morgan fingerprint density at radius 3 is 2.62 bits per heavy atom. The maximum atomic E-state index is 9.06. The Morgan fingerprint density at radius 1 is 1.19 bits per heavy atom. The lowest BCUT2D eigenvalue weighted by Crippen LogP contribution is -2.22. The summed E-state index contributed by atoms with van der Waals surface area (Å²) in [5.74, 6) is 0.876. The molecule has 0 bridgehead atoms. The number of benzene rings is 1. The molecule has 104 valence electrons. The molecule has 0 radical (unpaired) electrons. The molecule has 0 aliphatic heterocycles. The maximum Gasteiger partial charge on any atom is 0.143 e. The van der Waals surface area contributed by atoms with Gasteiger partial charge >= 0.3 is 0 Å². The van der Waals surface area contributed by atoms with Crippen LogP contribution in [-0.2, 0) is 5.54 Å². The Balaban J connectivity index is 2.36. The first-order valence-electron chi connectivity index (χ1n) is 6.84. The number of rotatable bonds is 1. The van der Waals surface area contributed by atoms with Crippen LogP contribution in [0.2, 0.25) is 0 Å². The van der Waals surface area contributed by atoms with Gasteiger partial charge in [0.05, 0.1) is 22.7 Å². The van der Waals surface area contributed by atoms with Crippen LogP contribution >= 0.6 is 0 Å². The van der Waals surface area contributed by atoms with Crippen LogP contribution in [0.1, 0.15) is 26.3 Å². The summed E-state index contributed by atoms with van der Waals surface area (Å²) in [5.41, 5.74) is 3.35. The Labute approximate surface area is 123 Å². The van der Waals surface area contributed by atoms with Crippen molar-refractivity contribution >= 4 is 11.0 Å². The minimum Gasteiger partial charge on any atom is -0.319 e. The lowest BCUT2D eigenvalue weighted by Gasteiger charge is -2.24. The molecule has 0 saturated carbocycles. The average Bonchev–Trinajstić information content (AvgIpc) is 2.86. The molecule has 0 N–H and O–H groups in total. The molecule has 2 heterocycles. The van der Waals surface area contributed by atoms with Crippen molar-refractivity contribution in [3.8, 4) is 17.5 Å². The van der Waals surface area contributed by atoms with E-state index in [9.17, 15) is 0 Å². The molecule has 0 fully saturated rings. The Bertz CT molecular complexity index is 833. The lowest BCUT2D eigenvalue weighted by molar-refractivity contribution is 0.413. The zero-order chi connectivity index (χ0) is 15.0. The second kappa shape index (κ2) is 4.71. The quantitative estimate of drug-likeness (QED) is 0.680. The molecule has 0 spiro atoms. The van der Waals surface area contributed by atoms with Gasteiger partial charge in [-0.25, -0.2) is 4.98 Å². The molecule has 4 nitrogen and oxygen atoms in total. The molecule has 0 aliphatic rings. The first-order chi connectivity index (χ1) is 10.0. The van der Waals surface area contributed by atoms with Gasteiger partial charge in [0.2, 0.25) is 0 Å². The van der Waals surface area contributed by atoms with E-state index in [1.165, 1.54) is 0 Å². The van der Waals surface area contributed by atoms with Gasteiger partial charge in [0.25, 0.3) is 0 Å². The monoisotopic (exact) mass is 276 g/mol. The highest BCUT2D eigenvalue weighted by atomic mass is 15.1. The van der Waals surface area contributed by atoms with Crippen LogP contribution in [0.5, 0.6) is 0 Å². The highest BCUT2D eigenvalue weighted by molar-refractivity contribution is 5.82. The van der Waals surface area contributed by atoms with Crippen LogP contribution < -0.4 is 0 Å². The molecule has 21 heavy (non-hydrogen) atoms. The van der Waals surface area contributed by atoms with E-state index in [0.29, 0.717) is 5.56 Å². The maximum absolute atomic E-state index is 9.06. The van der Waals surface area contributed by atoms with Gasteiger partial charge in [0.1, 0.15) is 5.82 Å². The van der Waals surface area contributed by atoms with Gasteiger partial charge < -0.3 is 4.57 Å². The van der Waals surface area contributed by atoms with E-state index in [1.807, 2.05) is 36.5 Å². The van der Waals surface area contributed by atoms with Crippen LogP contribution in [0.4, 0.5) is 0 Å². The largest absolute Gasteiger partial charge is 0.319 e. The van der Waals surface area contributed by atoms with Crippen molar-refractivity contribution in [1.82, 2.24) is 14.5 Å². The van der Waals surface area contributed by atoms with Gasteiger partial charge in [-0.05, 0) is 51.1 Å². The Kier molecular flexibility index (Phi) is 2.99. The molecule has 3 rings (SSSR count). The molecule has 0 saturated heterocycles. The molecule has 0 atom stereocenters. The average molecular weight is 276 g/mol. The van der Waals surface area contributed by atoms with E-state index < -0.39 is 0 Å². The molecule has 0 aliphatic carbocycles. The van der Waals surface area contributed by atoms with E-state index in [4.69, 9.17) is 10.2 Å². The SMILES string of the molecule is CC(C)(C)n1c(-c2cccnc2)nc2cc(C#N)ccc21. The number of hydrogen-bond acceptors (Lipinski definition) is 3. The first-order valence-corrected chi connectivity index (χ1v) is 6.84. The van der Waals surface area contributed by atoms with Crippen LogP contribution in [-0.4, -0.2) is 14.5 Å². The van der Waals surface area contributed by atoms with Crippen molar-refractivity contribution in [3.05, 3.63) is 48.3 Å². The van der Waals surface area contributed by atoms with Crippen molar-refractivity contribution in [2.24, 2.45) is 0 Å². The zero-order valence-electron chi connectivity index (χ0n) is 12.3. The van der Waals surface area contributed by atoms with Crippen LogP contribution in [0.25, 0.3) is 22.4 Å².